The highest BCUT2D eigenvalue weighted by Crippen LogP contribution is 2.26. The lowest BCUT2D eigenvalue weighted by atomic mass is 9.89. The van der Waals surface area contributed by atoms with Gasteiger partial charge in [-0.15, -0.1) is 5.10 Å². The number of rotatable bonds is 5. The van der Waals surface area contributed by atoms with Gasteiger partial charge < -0.3 is 10.0 Å². The summed E-state index contributed by atoms with van der Waals surface area (Å²) in [6.45, 7) is 4.51. The lowest BCUT2D eigenvalue weighted by Crippen LogP contribution is -2.50. The highest BCUT2D eigenvalue weighted by Gasteiger charge is 2.37. The van der Waals surface area contributed by atoms with Crippen LogP contribution in [0.15, 0.2) is 0 Å². The van der Waals surface area contributed by atoms with Crippen LogP contribution in [0.4, 0.5) is 0 Å². The predicted molar refractivity (Wildman–Crippen MR) is 75.9 cm³/mol. The summed E-state index contributed by atoms with van der Waals surface area (Å²) in [4.78, 5) is 29.4. The average Bonchev–Trinajstić information content (AvgIpc) is 2.94. The molecule has 2 rings (SSSR count). The van der Waals surface area contributed by atoms with Gasteiger partial charge in [0, 0.05) is 13.0 Å². The summed E-state index contributed by atoms with van der Waals surface area (Å²) < 4.78 is 0. The lowest BCUT2D eigenvalue weighted by Gasteiger charge is -2.36. The molecule has 2 heterocycles. The van der Waals surface area contributed by atoms with Gasteiger partial charge in [0.05, 0.1) is 0 Å². The number of aromatic nitrogens is 3. The van der Waals surface area contributed by atoms with Crippen LogP contribution in [0.5, 0.6) is 0 Å². The third-order valence-electron chi connectivity index (χ3n) is 4.04. The molecule has 1 aliphatic rings. The molecule has 0 bridgehead atoms. The zero-order chi connectivity index (χ0) is 15.4. The fourth-order valence-electron chi connectivity index (χ4n) is 2.75. The summed E-state index contributed by atoms with van der Waals surface area (Å²) >= 11 is 0. The van der Waals surface area contributed by atoms with Crippen molar-refractivity contribution in [1.29, 1.82) is 0 Å². The molecule has 116 valence electrons. The van der Waals surface area contributed by atoms with E-state index in [0.717, 1.165) is 25.7 Å². The highest BCUT2D eigenvalue weighted by molar-refractivity contribution is 5.93. The van der Waals surface area contributed by atoms with Crippen LogP contribution in [-0.2, 0) is 11.2 Å². The van der Waals surface area contributed by atoms with Crippen molar-refractivity contribution in [2.75, 3.05) is 6.54 Å². The highest BCUT2D eigenvalue weighted by atomic mass is 16.4. The lowest BCUT2D eigenvalue weighted by molar-refractivity contribution is -0.144. The number of amides is 1. The number of nitrogens with one attached hydrogen (secondary N) is 1. The van der Waals surface area contributed by atoms with Crippen LogP contribution in [0.3, 0.4) is 0 Å². The molecule has 7 nitrogen and oxygen atoms in total. The van der Waals surface area contributed by atoms with Crippen molar-refractivity contribution in [3.8, 4) is 0 Å². The van der Waals surface area contributed by atoms with E-state index in [0.29, 0.717) is 24.7 Å². The normalized spacial score (nSPS) is 22.3. The zero-order valence-electron chi connectivity index (χ0n) is 12.5. The first-order chi connectivity index (χ1) is 10.1. The first kappa shape index (κ1) is 15.5. The van der Waals surface area contributed by atoms with E-state index in [9.17, 15) is 14.7 Å². The Morgan fingerprint density at radius 2 is 2.19 bits per heavy atom. The molecular formula is C14H22N4O3. The molecule has 0 saturated carbocycles. The molecule has 2 N–H and O–H groups in total. The number of carbonyl (C=O) groups excluding carboxylic acids is 1. The first-order valence-corrected chi connectivity index (χ1v) is 7.51. The molecule has 7 heteroatoms. The van der Waals surface area contributed by atoms with Gasteiger partial charge in [-0.25, -0.2) is 9.78 Å². The Morgan fingerprint density at radius 1 is 1.43 bits per heavy atom. The number of hydrogen-bond donors (Lipinski definition) is 2. The van der Waals surface area contributed by atoms with Gasteiger partial charge in [-0.1, -0.05) is 20.3 Å². The molecule has 1 aromatic heterocycles. The number of aromatic amines is 1. The van der Waals surface area contributed by atoms with Crippen LogP contribution in [-0.4, -0.2) is 49.7 Å². The van der Waals surface area contributed by atoms with E-state index >= 15 is 0 Å². The average molecular weight is 294 g/mol. The number of likely N-dealkylation sites (tertiary alicyclic amines) is 1. The van der Waals surface area contributed by atoms with Gasteiger partial charge in [-0.3, -0.25) is 9.89 Å². The van der Waals surface area contributed by atoms with Gasteiger partial charge >= 0.3 is 5.97 Å². The second-order valence-corrected chi connectivity index (χ2v) is 5.51. The Hall–Kier alpha value is -1.92. The minimum Gasteiger partial charge on any atom is -0.480 e. The molecule has 0 aromatic carbocycles. The van der Waals surface area contributed by atoms with Gasteiger partial charge in [0.2, 0.25) is 5.82 Å². The van der Waals surface area contributed by atoms with Gasteiger partial charge in [0.25, 0.3) is 5.91 Å². The maximum atomic E-state index is 12.4. The van der Waals surface area contributed by atoms with Gasteiger partial charge in [-0.2, -0.15) is 0 Å². The number of piperidine rings is 1. The summed E-state index contributed by atoms with van der Waals surface area (Å²) in [5.74, 6) is -0.255. The van der Waals surface area contributed by atoms with E-state index in [2.05, 4.69) is 15.2 Å². The second kappa shape index (κ2) is 6.69. The minimum atomic E-state index is -0.953. The van der Waals surface area contributed by atoms with Crippen LogP contribution in [0.2, 0.25) is 0 Å². The largest absolute Gasteiger partial charge is 0.480 e. The molecule has 1 fully saturated rings. The maximum Gasteiger partial charge on any atom is 0.326 e. The maximum absolute atomic E-state index is 12.4. The standard InChI is InChI=1S/C14H22N4O3/c1-3-5-11-15-12(17-16-11)13(19)18-7-6-9(4-2)8-10(18)14(20)21/h9-10H,3-8H2,1-2H3,(H,20,21)(H,15,16,17). The summed E-state index contributed by atoms with van der Waals surface area (Å²) in [7, 11) is 0. The van der Waals surface area contributed by atoms with E-state index in [-0.39, 0.29) is 5.82 Å². The molecule has 1 saturated heterocycles. The van der Waals surface area contributed by atoms with E-state index in [4.69, 9.17) is 0 Å². The molecule has 0 spiro atoms. The SMILES string of the molecule is CCCc1nc(C(=O)N2CCC(CC)CC2C(=O)O)n[nH]1. The molecule has 0 aliphatic carbocycles. The van der Waals surface area contributed by atoms with Crippen molar-refractivity contribution in [3.05, 3.63) is 11.6 Å². The molecule has 2 atom stereocenters. The smallest absolute Gasteiger partial charge is 0.326 e. The van der Waals surface area contributed by atoms with Crippen LogP contribution in [0.1, 0.15) is 56.0 Å². The Kier molecular flexibility index (Phi) is 4.93. The number of carboxylic acids is 1. The topological polar surface area (TPSA) is 99.2 Å². The monoisotopic (exact) mass is 294 g/mol. The molecule has 1 amide bonds. The molecule has 1 aromatic rings. The Labute approximate surface area is 123 Å². The predicted octanol–water partition coefficient (Wildman–Crippen LogP) is 1.47. The number of carboxylic acid groups (broad SMARTS) is 1. The number of hydrogen-bond acceptors (Lipinski definition) is 4. The third kappa shape index (κ3) is 3.40. The van der Waals surface area contributed by atoms with Crippen LogP contribution in [0.25, 0.3) is 0 Å². The fraction of sp³-hybridized carbons (Fsp3) is 0.714. The molecule has 2 unspecified atom stereocenters. The number of aliphatic carboxylic acids is 1. The Balaban J connectivity index is 2.13. The van der Waals surface area contributed by atoms with Crippen molar-refractivity contribution < 1.29 is 14.7 Å². The molecule has 21 heavy (non-hydrogen) atoms. The Morgan fingerprint density at radius 3 is 2.81 bits per heavy atom. The van der Waals surface area contributed by atoms with Crippen molar-refractivity contribution >= 4 is 11.9 Å². The van der Waals surface area contributed by atoms with Crippen molar-refractivity contribution in [1.82, 2.24) is 20.1 Å². The summed E-state index contributed by atoms with van der Waals surface area (Å²) in [5, 5.41) is 16.0. The third-order valence-corrected chi connectivity index (χ3v) is 4.04. The number of aryl methyl sites for hydroxylation is 1. The van der Waals surface area contributed by atoms with Gasteiger partial charge in [0.1, 0.15) is 11.9 Å². The summed E-state index contributed by atoms with van der Waals surface area (Å²) in [6.07, 6.45) is 3.90. The number of H-pyrrole nitrogens is 1. The molecule has 1 aliphatic heterocycles. The molecule has 0 radical (unpaired) electrons. The number of nitrogens with zero attached hydrogens (tertiary/aromatic N) is 3. The van der Waals surface area contributed by atoms with Crippen LogP contribution < -0.4 is 0 Å². The molecular weight excluding hydrogens is 272 g/mol. The van der Waals surface area contributed by atoms with Crippen molar-refractivity contribution in [2.45, 2.75) is 52.0 Å². The fourth-order valence-corrected chi connectivity index (χ4v) is 2.75. The van der Waals surface area contributed by atoms with Crippen molar-refractivity contribution in [3.63, 3.8) is 0 Å². The summed E-state index contributed by atoms with van der Waals surface area (Å²) in [5.41, 5.74) is 0. The van der Waals surface area contributed by atoms with Crippen LogP contribution in [0, 0.1) is 5.92 Å². The van der Waals surface area contributed by atoms with E-state index in [1.165, 1.54) is 4.90 Å². The van der Waals surface area contributed by atoms with E-state index in [1.807, 2.05) is 13.8 Å². The minimum absolute atomic E-state index is 0.0691. The van der Waals surface area contributed by atoms with Crippen molar-refractivity contribution in [2.24, 2.45) is 5.92 Å². The van der Waals surface area contributed by atoms with Gasteiger partial charge in [0.15, 0.2) is 0 Å². The number of carbonyl (C=O) groups is 2. The zero-order valence-corrected chi connectivity index (χ0v) is 12.5. The second-order valence-electron chi connectivity index (χ2n) is 5.51. The van der Waals surface area contributed by atoms with Gasteiger partial charge in [-0.05, 0) is 25.2 Å². The quantitative estimate of drug-likeness (QED) is 0.856. The van der Waals surface area contributed by atoms with Crippen LogP contribution >= 0.6 is 0 Å². The summed E-state index contributed by atoms with van der Waals surface area (Å²) in [6, 6.07) is -0.774. The van der Waals surface area contributed by atoms with E-state index in [1.54, 1.807) is 0 Å². The Bertz CT molecular complexity index is 514. The first-order valence-electron chi connectivity index (χ1n) is 7.51. The van der Waals surface area contributed by atoms with E-state index < -0.39 is 17.9 Å².